The molecule has 4 rings (SSSR count). The third-order valence-electron chi connectivity index (χ3n) is 4.84. The number of thioether (sulfide) groups is 1. The monoisotopic (exact) mass is 472 g/mol. The van der Waals surface area contributed by atoms with Crippen molar-refractivity contribution in [1.29, 1.82) is 0 Å². The van der Waals surface area contributed by atoms with Gasteiger partial charge in [-0.15, -0.1) is 0 Å². The van der Waals surface area contributed by atoms with Gasteiger partial charge in [0.15, 0.2) is 5.16 Å². The van der Waals surface area contributed by atoms with E-state index in [2.05, 4.69) is 15.0 Å². The van der Waals surface area contributed by atoms with E-state index < -0.39 is 5.97 Å². The Morgan fingerprint density at radius 1 is 1.19 bits per heavy atom. The molecule has 2 N–H and O–H groups in total. The van der Waals surface area contributed by atoms with Crippen molar-refractivity contribution in [3.63, 3.8) is 0 Å². The molecule has 2 heterocycles. The molecule has 0 aliphatic rings. The van der Waals surface area contributed by atoms with Crippen LogP contribution in [0.2, 0.25) is 5.02 Å². The maximum Gasteiger partial charge on any atom is 0.345 e. The first-order valence-electron chi connectivity index (χ1n) is 9.75. The predicted molar refractivity (Wildman–Crippen MR) is 125 cm³/mol. The molecule has 0 fully saturated rings. The fraction of sp³-hybridized carbons (Fsp3) is 0.227. The third kappa shape index (κ3) is 4.45. The van der Waals surface area contributed by atoms with Gasteiger partial charge in [-0.1, -0.05) is 35.5 Å². The van der Waals surface area contributed by atoms with Gasteiger partial charge in [0.1, 0.15) is 17.2 Å². The van der Waals surface area contributed by atoms with E-state index in [4.69, 9.17) is 21.1 Å². The molecule has 0 amide bonds. The van der Waals surface area contributed by atoms with Crippen LogP contribution in [0.1, 0.15) is 5.82 Å². The van der Waals surface area contributed by atoms with Crippen molar-refractivity contribution in [3.8, 4) is 0 Å². The number of carbonyl (C=O) groups is 1. The molecule has 166 valence electrons. The smallest absolute Gasteiger partial charge is 0.345 e. The second kappa shape index (κ2) is 9.64. The minimum absolute atomic E-state index is 0.0150. The van der Waals surface area contributed by atoms with Crippen LogP contribution in [0.4, 0.5) is 0 Å². The van der Waals surface area contributed by atoms with E-state index in [1.807, 2.05) is 34.9 Å². The normalized spacial score (nSPS) is 12.3. The summed E-state index contributed by atoms with van der Waals surface area (Å²) >= 11 is 7.41. The van der Waals surface area contributed by atoms with Gasteiger partial charge in [-0.05, 0) is 30.3 Å². The minimum Gasteiger partial charge on any atom is -0.510 e. The molecule has 0 bridgehead atoms. The van der Waals surface area contributed by atoms with E-state index in [-0.39, 0.29) is 22.9 Å². The number of aliphatic hydroxyl groups is 1. The summed E-state index contributed by atoms with van der Waals surface area (Å²) in [4.78, 5) is 24.6. The van der Waals surface area contributed by atoms with Crippen LogP contribution in [-0.2, 0) is 20.8 Å². The largest absolute Gasteiger partial charge is 0.510 e. The molecule has 0 saturated heterocycles. The maximum absolute atomic E-state index is 12.5. The number of fused-ring (bicyclic) bond motifs is 2. The molecule has 4 aromatic rings. The first-order chi connectivity index (χ1) is 15.5. The van der Waals surface area contributed by atoms with Gasteiger partial charge in [-0.2, -0.15) is 0 Å². The number of halogens is 1. The summed E-state index contributed by atoms with van der Waals surface area (Å²) in [6, 6.07) is 12.9. The molecule has 8 nitrogen and oxygen atoms in total. The summed E-state index contributed by atoms with van der Waals surface area (Å²) in [7, 11) is 2.90. The number of hydrogen-bond acceptors (Lipinski definition) is 7. The Kier molecular flexibility index (Phi) is 6.69. The van der Waals surface area contributed by atoms with Crippen LogP contribution in [0.15, 0.2) is 53.4 Å². The number of imidazole rings is 2. The molecule has 0 saturated carbocycles. The number of para-hydroxylation sites is 2. The number of ether oxygens (including phenoxy) is 2. The fourth-order valence-corrected chi connectivity index (χ4v) is 4.40. The molecule has 0 radical (unpaired) electrons. The van der Waals surface area contributed by atoms with Crippen molar-refractivity contribution in [1.82, 2.24) is 19.5 Å². The van der Waals surface area contributed by atoms with E-state index in [1.54, 1.807) is 19.2 Å². The van der Waals surface area contributed by atoms with Crippen molar-refractivity contribution < 1.29 is 19.4 Å². The lowest BCUT2D eigenvalue weighted by molar-refractivity contribution is -0.133. The lowest BCUT2D eigenvalue weighted by Gasteiger charge is -2.09. The minimum atomic E-state index is -0.679. The van der Waals surface area contributed by atoms with Gasteiger partial charge >= 0.3 is 5.97 Å². The zero-order chi connectivity index (χ0) is 22.7. The molecule has 32 heavy (non-hydrogen) atoms. The van der Waals surface area contributed by atoms with Crippen LogP contribution in [0.5, 0.6) is 0 Å². The summed E-state index contributed by atoms with van der Waals surface area (Å²) in [5.41, 5.74) is 3.07. The second-order valence-corrected chi connectivity index (χ2v) is 8.26. The van der Waals surface area contributed by atoms with Crippen LogP contribution < -0.4 is 0 Å². The van der Waals surface area contributed by atoms with Crippen molar-refractivity contribution >= 4 is 57.0 Å². The summed E-state index contributed by atoms with van der Waals surface area (Å²) in [6.07, 6.45) is 0. The molecule has 0 spiro atoms. The second-order valence-electron chi connectivity index (χ2n) is 6.88. The Bertz CT molecular complexity index is 1280. The standard InChI is InChI=1S/C22H21ClN4O4S/c1-30-10-9-27-17-8-7-13(23)11-16(17)26-22(27)32-12-18(28)19(21(29)31-2)20-24-14-5-3-4-6-15(14)25-20/h3-8,11,28H,9-10,12H2,1-2H3,(H,24,25)/b19-18+. The summed E-state index contributed by atoms with van der Waals surface area (Å²) < 4.78 is 12.1. The Morgan fingerprint density at radius 3 is 2.75 bits per heavy atom. The third-order valence-corrected chi connectivity index (χ3v) is 6.06. The molecule has 2 aromatic heterocycles. The fourth-order valence-electron chi connectivity index (χ4n) is 3.32. The average molecular weight is 473 g/mol. The van der Waals surface area contributed by atoms with Gasteiger partial charge in [-0.3, -0.25) is 0 Å². The quantitative estimate of drug-likeness (QED) is 0.169. The van der Waals surface area contributed by atoms with E-state index in [1.165, 1.54) is 18.9 Å². The number of esters is 1. The van der Waals surface area contributed by atoms with Crippen LogP contribution in [0.3, 0.4) is 0 Å². The molecule has 2 aromatic carbocycles. The number of nitrogens with one attached hydrogen (secondary N) is 1. The lowest BCUT2D eigenvalue weighted by Crippen LogP contribution is -2.10. The van der Waals surface area contributed by atoms with Gasteiger partial charge in [-0.25, -0.2) is 14.8 Å². The van der Waals surface area contributed by atoms with Crippen molar-refractivity contribution in [3.05, 3.63) is 59.1 Å². The first kappa shape index (κ1) is 22.2. The molecule has 0 aliphatic heterocycles. The molecule has 0 unspecified atom stereocenters. The van der Waals surface area contributed by atoms with Crippen molar-refractivity contribution in [2.45, 2.75) is 11.7 Å². The highest BCUT2D eigenvalue weighted by Crippen LogP contribution is 2.29. The zero-order valence-corrected chi connectivity index (χ0v) is 19.0. The van der Waals surface area contributed by atoms with E-state index in [0.717, 1.165) is 16.6 Å². The van der Waals surface area contributed by atoms with Gasteiger partial charge in [0.25, 0.3) is 0 Å². The van der Waals surface area contributed by atoms with Crippen LogP contribution >= 0.6 is 23.4 Å². The first-order valence-corrected chi connectivity index (χ1v) is 11.1. The summed E-state index contributed by atoms with van der Waals surface area (Å²) in [6.45, 7) is 1.07. The molecule has 0 atom stereocenters. The zero-order valence-electron chi connectivity index (χ0n) is 17.5. The van der Waals surface area contributed by atoms with Gasteiger partial charge in [0, 0.05) is 18.7 Å². The predicted octanol–water partition coefficient (Wildman–Crippen LogP) is 4.45. The number of methoxy groups -OCH3 is 2. The van der Waals surface area contributed by atoms with Gasteiger partial charge < -0.3 is 24.1 Å². The number of nitrogens with zero attached hydrogens (tertiary/aromatic N) is 3. The Labute approximate surface area is 193 Å². The highest BCUT2D eigenvalue weighted by Gasteiger charge is 2.23. The Hall–Kier alpha value is -3.01. The molecule has 10 heteroatoms. The number of aliphatic hydroxyl groups excluding tert-OH is 1. The Morgan fingerprint density at radius 2 is 2.00 bits per heavy atom. The van der Waals surface area contributed by atoms with E-state index in [0.29, 0.717) is 28.8 Å². The SMILES string of the molecule is COCCn1c(SC/C(O)=C(\C(=O)OC)c2nc3ccccc3[nH]2)nc2cc(Cl)ccc21. The lowest BCUT2D eigenvalue weighted by atomic mass is 10.2. The number of benzene rings is 2. The molecule has 0 aliphatic carbocycles. The number of H-pyrrole nitrogens is 1. The van der Waals surface area contributed by atoms with Gasteiger partial charge in [0.05, 0.1) is 41.5 Å². The maximum atomic E-state index is 12.5. The number of hydrogen-bond donors (Lipinski definition) is 2. The summed E-state index contributed by atoms with van der Waals surface area (Å²) in [5, 5.41) is 12.1. The van der Waals surface area contributed by atoms with Crippen molar-refractivity contribution in [2.24, 2.45) is 0 Å². The highest BCUT2D eigenvalue weighted by molar-refractivity contribution is 7.99. The van der Waals surface area contributed by atoms with E-state index in [9.17, 15) is 9.90 Å². The highest BCUT2D eigenvalue weighted by atomic mass is 35.5. The summed E-state index contributed by atoms with van der Waals surface area (Å²) in [5.74, 6) is -0.507. The number of rotatable bonds is 8. The van der Waals surface area contributed by atoms with Crippen LogP contribution in [0, 0.1) is 0 Å². The Balaban J connectivity index is 1.68. The van der Waals surface area contributed by atoms with Crippen molar-refractivity contribution in [2.75, 3.05) is 26.6 Å². The molecular formula is C22H21ClN4O4S. The number of carbonyl (C=O) groups excluding carboxylic acids is 1. The molecular weight excluding hydrogens is 452 g/mol. The van der Waals surface area contributed by atoms with Gasteiger partial charge in [0.2, 0.25) is 0 Å². The van der Waals surface area contributed by atoms with Crippen LogP contribution in [0.25, 0.3) is 27.6 Å². The average Bonchev–Trinajstić information content (AvgIpc) is 3.36. The number of aromatic nitrogens is 4. The van der Waals surface area contributed by atoms with Crippen LogP contribution in [-0.4, -0.2) is 57.2 Å². The van der Waals surface area contributed by atoms with E-state index >= 15 is 0 Å². The topological polar surface area (TPSA) is 102 Å². The number of aromatic amines is 1.